The summed E-state index contributed by atoms with van der Waals surface area (Å²) >= 11 is 1.43. The van der Waals surface area contributed by atoms with Crippen LogP contribution >= 0.6 is 11.8 Å². The molecule has 0 aliphatic rings. The molecule has 6 heteroatoms. The molecule has 0 bridgehead atoms. The zero-order valence-electron chi connectivity index (χ0n) is 9.73. The second-order valence-corrected chi connectivity index (χ2v) is 4.78. The van der Waals surface area contributed by atoms with E-state index in [-0.39, 0.29) is 5.69 Å². The van der Waals surface area contributed by atoms with Crippen molar-refractivity contribution < 1.29 is 0 Å². The van der Waals surface area contributed by atoms with Crippen LogP contribution in [0.4, 0.5) is 5.69 Å². The Bertz CT molecular complexity index is 567. The van der Waals surface area contributed by atoms with Crippen molar-refractivity contribution in [3.8, 4) is 0 Å². The third kappa shape index (κ3) is 2.52. The molecule has 1 aromatic heterocycles. The number of nitrogens with two attached hydrogens (primary N) is 1. The number of nitrogens with zero attached hydrogens (tertiary/aromatic N) is 2. The van der Waals surface area contributed by atoms with E-state index in [4.69, 9.17) is 5.73 Å². The van der Waals surface area contributed by atoms with Crippen molar-refractivity contribution >= 4 is 17.4 Å². The number of aryl methyl sites for hydroxylation is 1. The van der Waals surface area contributed by atoms with Crippen LogP contribution in [0.25, 0.3) is 0 Å². The predicted molar refractivity (Wildman–Crippen MR) is 68.2 cm³/mol. The van der Waals surface area contributed by atoms with Crippen LogP contribution in [0.1, 0.15) is 12.5 Å². The molecular formula is C11H14N4OS. The Hall–Kier alpha value is -1.69. The molecule has 0 saturated carbocycles. The SMILES string of the molecule is CCn1c(Sc2cc(C)cc(N)c2)n[nH]c1=O. The number of H-pyrrole nitrogens is 1. The van der Waals surface area contributed by atoms with Crippen LogP contribution in [-0.2, 0) is 6.54 Å². The van der Waals surface area contributed by atoms with Gasteiger partial charge in [0, 0.05) is 17.1 Å². The van der Waals surface area contributed by atoms with Gasteiger partial charge in [-0.1, -0.05) is 0 Å². The van der Waals surface area contributed by atoms with Crippen molar-refractivity contribution in [2.75, 3.05) is 5.73 Å². The fraction of sp³-hybridized carbons (Fsp3) is 0.273. The predicted octanol–water partition coefficient (Wildman–Crippen LogP) is 1.63. The second-order valence-electron chi connectivity index (χ2n) is 3.74. The molecule has 17 heavy (non-hydrogen) atoms. The average Bonchev–Trinajstić information content (AvgIpc) is 2.57. The first-order chi connectivity index (χ1) is 8.10. The number of nitrogen functional groups attached to an aromatic ring is 1. The molecule has 0 aliphatic heterocycles. The number of rotatable bonds is 3. The zero-order chi connectivity index (χ0) is 12.4. The molecule has 2 rings (SSSR count). The van der Waals surface area contributed by atoms with E-state index in [9.17, 15) is 4.79 Å². The molecule has 2 aromatic rings. The molecule has 0 atom stereocenters. The van der Waals surface area contributed by atoms with E-state index in [1.54, 1.807) is 4.57 Å². The van der Waals surface area contributed by atoms with Gasteiger partial charge in [0.25, 0.3) is 0 Å². The van der Waals surface area contributed by atoms with E-state index >= 15 is 0 Å². The fourth-order valence-corrected chi connectivity index (χ4v) is 2.67. The fourth-order valence-electron chi connectivity index (χ4n) is 1.60. The summed E-state index contributed by atoms with van der Waals surface area (Å²) in [4.78, 5) is 12.4. The maximum atomic E-state index is 11.4. The van der Waals surface area contributed by atoms with E-state index in [0.29, 0.717) is 17.4 Å². The third-order valence-electron chi connectivity index (χ3n) is 2.32. The van der Waals surface area contributed by atoms with Crippen molar-refractivity contribution in [2.45, 2.75) is 30.4 Å². The van der Waals surface area contributed by atoms with E-state index in [0.717, 1.165) is 10.5 Å². The first kappa shape index (κ1) is 11.8. The van der Waals surface area contributed by atoms with Crippen LogP contribution in [0.3, 0.4) is 0 Å². The van der Waals surface area contributed by atoms with Gasteiger partial charge >= 0.3 is 5.69 Å². The molecule has 1 heterocycles. The normalized spacial score (nSPS) is 10.7. The van der Waals surface area contributed by atoms with Crippen LogP contribution in [0, 0.1) is 6.92 Å². The van der Waals surface area contributed by atoms with Gasteiger partial charge in [0.2, 0.25) is 0 Å². The number of aromatic amines is 1. The lowest BCUT2D eigenvalue weighted by atomic mass is 10.2. The minimum atomic E-state index is -0.185. The highest BCUT2D eigenvalue weighted by atomic mass is 32.2. The Kier molecular flexibility index (Phi) is 3.23. The second kappa shape index (κ2) is 4.67. The maximum absolute atomic E-state index is 11.4. The summed E-state index contributed by atoms with van der Waals surface area (Å²) in [6.07, 6.45) is 0. The standard InChI is InChI=1S/C11H14N4OS/c1-3-15-10(16)13-14-11(15)17-9-5-7(2)4-8(12)6-9/h4-6H,3,12H2,1-2H3,(H,13,16). The lowest BCUT2D eigenvalue weighted by molar-refractivity contribution is 0.660. The van der Waals surface area contributed by atoms with E-state index in [1.165, 1.54) is 11.8 Å². The van der Waals surface area contributed by atoms with Crippen LogP contribution < -0.4 is 11.4 Å². The monoisotopic (exact) mass is 250 g/mol. The molecule has 0 aliphatic carbocycles. The van der Waals surface area contributed by atoms with Crippen molar-refractivity contribution in [3.63, 3.8) is 0 Å². The minimum absolute atomic E-state index is 0.185. The van der Waals surface area contributed by atoms with Crippen molar-refractivity contribution in [1.82, 2.24) is 14.8 Å². The molecule has 90 valence electrons. The highest BCUT2D eigenvalue weighted by Crippen LogP contribution is 2.27. The summed E-state index contributed by atoms with van der Waals surface area (Å²) in [5.74, 6) is 0. The lowest BCUT2D eigenvalue weighted by Gasteiger charge is -2.04. The highest BCUT2D eigenvalue weighted by Gasteiger charge is 2.08. The third-order valence-corrected chi connectivity index (χ3v) is 3.29. The highest BCUT2D eigenvalue weighted by molar-refractivity contribution is 7.99. The summed E-state index contributed by atoms with van der Waals surface area (Å²) < 4.78 is 1.59. The molecule has 5 nitrogen and oxygen atoms in total. The first-order valence-corrected chi connectivity index (χ1v) is 6.12. The van der Waals surface area contributed by atoms with Crippen LogP contribution in [0.2, 0.25) is 0 Å². The van der Waals surface area contributed by atoms with Gasteiger partial charge in [-0.3, -0.25) is 4.57 Å². The number of hydrogen-bond acceptors (Lipinski definition) is 4. The Morgan fingerprint density at radius 2 is 2.24 bits per heavy atom. The Morgan fingerprint density at radius 3 is 2.88 bits per heavy atom. The quantitative estimate of drug-likeness (QED) is 0.812. The van der Waals surface area contributed by atoms with Gasteiger partial charge in [-0.25, -0.2) is 9.89 Å². The van der Waals surface area contributed by atoms with Crippen molar-refractivity contribution in [1.29, 1.82) is 0 Å². The van der Waals surface area contributed by atoms with Crippen LogP contribution in [-0.4, -0.2) is 14.8 Å². The summed E-state index contributed by atoms with van der Waals surface area (Å²) in [6.45, 7) is 4.49. The molecule has 0 saturated heterocycles. The van der Waals surface area contributed by atoms with Gasteiger partial charge in [-0.05, 0) is 49.4 Å². The molecule has 0 fully saturated rings. The summed E-state index contributed by atoms with van der Waals surface area (Å²) in [5, 5.41) is 7.09. The van der Waals surface area contributed by atoms with E-state index in [2.05, 4.69) is 10.2 Å². The minimum Gasteiger partial charge on any atom is -0.399 e. The number of nitrogens with one attached hydrogen (secondary N) is 1. The van der Waals surface area contributed by atoms with Crippen LogP contribution in [0.15, 0.2) is 33.0 Å². The molecule has 0 radical (unpaired) electrons. The van der Waals surface area contributed by atoms with Gasteiger partial charge in [0.1, 0.15) is 0 Å². The van der Waals surface area contributed by atoms with Crippen LogP contribution in [0.5, 0.6) is 0 Å². The van der Waals surface area contributed by atoms with Gasteiger partial charge in [0.15, 0.2) is 5.16 Å². The van der Waals surface area contributed by atoms with E-state index in [1.807, 2.05) is 32.0 Å². The molecule has 1 aromatic carbocycles. The molecule has 0 spiro atoms. The molecule has 0 amide bonds. The summed E-state index contributed by atoms with van der Waals surface area (Å²) in [5.41, 5.74) is 7.40. The number of benzene rings is 1. The zero-order valence-corrected chi connectivity index (χ0v) is 10.5. The van der Waals surface area contributed by atoms with Gasteiger partial charge in [-0.2, -0.15) is 0 Å². The van der Waals surface area contributed by atoms with Crippen molar-refractivity contribution in [3.05, 3.63) is 34.2 Å². The van der Waals surface area contributed by atoms with Gasteiger partial charge in [-0.15, -0.1) is 5.10 Å². The topological polar surface area (TPSA) is 76.7 Å². The average molecular weight is 250 g/mol. The Morgan fingerprint density at radius 1 is 1.47 bits per heavy atom. The Labute approximate surface area is 103 Å². The first-order valence-electron chi connectivity index (χ1n) is 5.30. The van der Waals surface area contributed by atoms with E-state index < -0.39 is 0 Å². The largest absolute Gasteiger partial charge is 0.399 e. The lowest BCUT2D eigenvalue weighted by Crippen LogP contribution is -2.15. The van der Waals surface area contributed by atoms with Crippen molar-refractivity contribution in [2.24, 2.45) is 0 Å². The molecule has 0 unspecified atom stereocenters. The number of aromatic nitrogens is 3. The van der Waals surface area contributed by atoms with Gasteiger partial charge in [0.05, 0.1) is 0 Å². The molecule has 3 N–H and O–H groups in total. The summed E-state index contributed by atoms with van der Waals surface area (Å²) in [6, 6.07) is 5.79. The summed E-state index contributed by atoms with van der Waals surface area (Å²) in [7, 11) is 0. The number of hydrogen-bond donors (Lipinski definition) is 2. The maximum Gasteiger partial charge on any atom is 0.343 e. The Balaban J connectivity index is 2.34. The van der Waals surface area contributed by atoms with Gasteiger partial charge < -0.3 is 5.73 Å². The smallest absolute Gasteiger partial charge is 0.343 e. The number of anilines is 1. The molecular weight excluding hydrogens is 236 g/mol.